The molecule has 0 heterocycles. The van der Waals surface area contributed by atoms with Gasteiger partial charge in [-0.05, 0) is 26.0 Å². The molecule has 0 spiro atoms. The standard InChI is InChI=1S/C19H30N4OS.U/c1-6-9-11-18(17(14-20)15-22-16(4)25-5)21-12-10-13-23(8-3)19(24)7-2;/h11,15,21H,2-3,6-10,12-13H2,1,4-5H3;/q-2;+2/b17-15-,18-11-,22-16?;. The number of aliphatic imine (C=N–C) groups is 1. The van der Waals surface area contributed by atoms with Gasteiger partial charge in [0.15, 0.2) is 5.91 Å². The van der Waals surface area contributed by atoms with Crippen molar-refractivity contribution in [2.75, 3.05) is 25.9 Å². The van der Waals surface area contributed by atoms with Crippen molar-refractivity contribution in [2.45, 2.75) is 39.5 Å². The van der Waals surface area contributed by atoms with Crippen molar-refractivity contribution in [1.29, 1.82) is 5.26 Å². The third-order valence-corrected chi connectivity index (χ3v) is 4.17. The largest absolute Gasteiger partial charge is 2.00 e. The number of carbonyl (C=O) groups is 1. The van der Waals surface area contributed by atoms with E-state index in [1.54, 1.807) is 22.9 Å². The van der Waals surface area contributed by atoms with Gasteiger partial charge in [-0.3, -0.25) is 9.79 Å². The first-order chi connectivity index (χ1) is 12.0. The Labute approximate surface area is 187 Å². The maximum absolute atomic E-state index is 11.7. The number of allylic oxidation sites excluding steroid dienone is 2. The number of amides is 1. The summed E-state index contributed by atoms with van der Waals surface area (Å²) in [5.41, 5.74) is 1.32. The Hall–Kier alpha value is -0.688. The van der Waals surface area contributed by atoms with Crippen LogP contribution in [0.25, 0.3) is 0 Å². The smallest absolute Gasteiger partial charge is 0.384 e. The van der Waals surface area contributed by atoms with E-state index in [4.69, 9.17) is 0 Å². The number of unbranched alkanes of at least 4 members (excludes halogenated alkanes) is 1. The van der Waals surface area contributed by atoms with Crippen molar-refractivity contribution in [1.82, 2.24) is 10.2 Å². The van der Waals surface area contributed by atoms with E-state index in [0.717, 1.165) is 30.0 Å². The van der Waals surface area contributed by atoms with Crippen molar-refractivity contribution in [3.63, 3.8) is 0 Å². The molecule has 0 saturated carbocycles. The molecule has 0 atom stereocenters. The molecule has 1 N–H and O–H groups in total. The number of nitrogens with zero attached hydrogens (tertiary/aromatic N) is 3. The zero-order valence-electron chi connectivity index (χ0n) is 16.2. The average Bonchev–Trinajstić information content (AvgIpc) is 2.64. The normalized spacial score (nSPS) is 12.2. The van der Waals surface area contributed by atoms with E-state index in [2.05, 4.69) is 37.1 Å². The monoisotopic (exact) mass is 600 g/mol. The maximum atomic E-state index is 11.7. The molecule has 0 saturated heterocycles. The Bertz CT molecular complexity index is 538. The zero-order chi connectivity index (χ0) is 19.1. The van der Waals surface area contributed by atoms with E-state index in [-0.39, 0.29) is 43.4 Å². The quantitative estimate of drug-likeness (QED) is 0.0981. The van der Waals surface area contributed by atoms with Gasteiger partial charge < -0.3 is 24.1 Å². The SMILES string of the molecule is [CH2-]CC(=O)N(C[CH2-])CCCNC(=C\CCC)/C(C#N)=C\N=C(C)SC.[U+2]. The second-order valence-electron chi connectivity index (χ2n) is 5.32. The predicted molar refractivity (Wildman–Crippen MR) is 108 cm³/mol. The van der Waals surface area contributed by atoms with Gasteiger partial charge in [-0.2, -0.15) is 5.26 Å². The molecule has 5 nitrogen and oxygen atoms in total. The fourth-order valence-corrected chi connectivity index (χ4v) is 2.10. The first kappa shape index (κ1) is 27.5. The van der Waals surface area contributed by atoms with Crippen LogP contribution in [0.2, 0.25) is 0 Å². The van der Waals surface area contributed by atoms with Crippen LogP contribution < -0.4 is 5.32 Å². The molecule has 1 amide bonds. The molecular weight excluding hydrogens is 570 g/mol. The first-order valence-corrected chi connectivity index (χ1v) is 9.75. The summed E-state index contributed by atoms with van der Waals surface area (Å²) in [5, 5.41) is 13.6. The van der Waals surface area contributed by atoms with E-state index < -0.39 is 0 Å². The van der Waals surface area contributed by atoms with Crippen LogP contribution in [0.5, 0.6) is 0 Å². The zero-order valence-corrected chi connectivity index (χ0v) is 21.2. The Balaban J connectivity index is 0. The number of thioether (sulfide) groups is 1. The molecule has 0 aromatic carbocycles. The van der Waals surface area contributed by atoms with E-state index in [1.807, 2.05) is 19.3 Å². The summed E-state index contributed by atoms with van der Waals surface area (Å²) in [6.07, 6.45) is 8.50. The molecule has 0 rings (SSSR count). The molecule has 0 aromatic heterocycles. The summed E-state index contributed by atoms with van der Waals surface area (Å²) in [6.45, 7) is 13.1. The van der Waals surface area contributed by atoms with Crippen molar-refractivity contribution in [2.24, 2.45) is 4.99 Å². The number of nitrogens with one attached hydrogen (secondary N) is 1. The molecule has 142 valence electrons. The van der Waals surface area contributed by atoms with Crippen molar-refractivity contribution in [3.05, 3.63) is 37.4 Å². The summed E-state index contributed by atoms with van der Waals surface area (Å²) < 4.78 is 0. The third-order valence-electron chi connectivity index (χ3n) is 3.48. The van der Waals surface area contributed by atoms with Gasteiger partial charge in [-0.15, -0.1) is 24.7 Å². The minimum Gasteiger partial charge on any atom is -0.384 e. The first-order valence-electron chi connectivity index (χ1n) is 8.53. The van der Waals surface area contributed by atoms with Gasteiger partial charge in [-0.25, -0.2) is 0 Å². The molecule has 26 heavy (non-hydrogen) atoms. The Morgan fingerprint density at radius 3 is 2.62 bits per heavy atom. The second-order valence-corrected chi connectivity index (χ2v) is 6.32. The minimum atomic E-state index is 0. The molecule has 0 fully saturated rings. The molecule has 7 heteroatoms. The Morgan fingerprint density at radius 1 is 1.42 bits per heavy atom. The fourth-order valence-electron chi connectivity index (χ4n) is 1.95. The summed E-state index contributed by atoms with van der Waals surface area (Å²) in [6, 6.07) is 2.21. The van der Waals surface area contributed by atoms with Gasteiger partial charge in [0.25, 0.3) is 0 Å². The molecular formula is C19H30N4OSU. The van der Waals surface area contributed by atoms with Crippen LogP contribution in [0.4, 0.5) is 0 Å². The fraction of sp³-hybridized carbons (Fsp3) is 0.526. The molecule has 0 aliphatic heterocycles. The van der Waals surface area contributed by atoms with Crippen molar-refractivity contribution in [3.8, 4) is 6.07 Å². The van der Waals surface area contributed by atoms with Crippen LogP contribution in [-0.2, 0) is 4.79 Å². The van der Waals surface area contributed by atoms with Crippen LogP contribution in [-0.4, -0.2) is 41.7 Å². The second kappa shape index (κ2) is 17.7. The number of rotatable bonds is 11. The predicted octanol–water partition coefficient (Wildman–Crippen LogP) is 3.73. The van der Waals surface area contributed by atoms with Crippen LogP contribution >= 0.6 is 11.8 Å². The molecule has 0 bridgehead atoms. The summed E-state index contributed by atoms with van der Waals surface area (Å²) in [5.74, 6) is 0.0104. The number of hydrogen-bond acceptors (Lipinski definition) is 5. The minimum absolute atomic E-state index is 0. The van der Waals surface area contributed by atoms with E-state index >= 15 is 0 Å². The molecule has 0 aliphatic carbocycles. The van der Waals surface area contributed by atoms with Crippen LogP contribution in [0, 0.1) is 56.3 Å². The average molecular weight is 601 g/mol. The van der Waals surface area contributed by atoms with Gasteiger partial charge in [0.05, 0.1) is 10.6 Å². The van der Waals surface area contributed by atoms with Crippen LogP contribution in [0.15, 0.2) is 28.5 Å². The van der Waals surface area contributed by atoms with Crippen molar-refractivity contribution < 1.29 is 35.9 Å². The summed E-state index contributed by atoms with van der Waals surface area (Å²) >= 11 is 1.55. The van der Waals surface area contributed by atoms with Crippen LogP contribution in [0.1, 0.15) is 39.5 Å². The van der Waals surface area contributed by atoms with Gasteiger partial charge in [0.2, 0.25) is 0 Å². The van der Waals surface area contributed by atoms with Gasteiger partial charge in [0, 0.05) is 25.0 Å². The van der Waals surface area contributed by atoms with Crippen LogP contribution in [0.3, 0.4) is 0 Å². The van der Waals surface area contributed by atoms with Crippen molar-refractivity contribution >= 4 is 22.7 Å². The van der Waals surface area contributed by atoms with Gasteiger partial charge >= 0.3 is 31.1 Å². The third kappa shape index (κ3) is 11.8. The van der Waals surface area contributed by atoms with E-state index in [1.165, 1.54) is 0 Å². The Morgan fingerprint density at radius 2 is 2.12 bits per heavy atom. The van der Waals surface area contributed by atoms with E-state index in [9.17, 15) is 10.1 Å². The Kier molecular flexibility index (Phi) is 18.8. The topological polar surface area (TPSA) is 68.5 Å². The number of nitriles is 1. The molecule has 0 unspecified atom stereocenters. The molecule has 0 aromatic rings. The molecule has 0 aliphatic rings. The summed E-state index contributed by atoms with van der Waals surface area (Å²) in [4.78, 5) is 17.7. The van der Waals surface area contributed by atoms with Gasteiger partial charge in [0.1, 0.15) is 6.07 Å². The molecule has 0 radical (unpaired) electrons. The number of hydrogen-bond donors (Lipinski definition) is 1. The van der Waals surface area contributed by atoms with Gasteiger partial charge in [-0.1, -0.05) is 19.4 Å². The number of carbonyl (C=O) groups excluding carboxylic acids is 1. The van der Waals surface area contributed by atoms with E-state index in [0.29, 0.717) is 25.2 Å². The maximum Gasteiger partial charge on any atom is 2.00 e. The summed E-state index contributed by atoms with van der Waals surface area (Å²) in [7, 11) is 0.